The lowest BCUT2D eigenvalue weighted by molar-refractivity contribution is -0.149. The van der Waals surface area contributed by atoms with Gasteiger partial charge in [-0.15, -0.1) is 0 Å². The fourth-order valence-corrected chi connectivity index (χ4v) is 1.69. The highest BCUT2D eigenvalue weighted by Gasteiger charge is 2.00. The van der Waals surface area contributed by atoms with Crippen LogP contribution in [0.2, 0.25) is 0 Å². The van der Waals surface area contributed by atoms with Crippen LogP contribution in [0.15, 0.2) is 0 Å². The van der Waals surface area contributed by atoms with Crippen LogP contribution in [0.3, 0.4) is 0 Å². The van der Waals surface area contributed by atoms with E-state index in [9.17, 15) is 9.59 Å². The quantitative estimate of drug-likeness (QED) is 0.148. The summed E-state index contributed by atoms with van der Waals surface area (Å²) >= 11 is 0. The monoisotopic (exact) mass is 334 g/mol. The third-order valence-corrected chi connectivity index (χ3v) is 2.86. The minimum Gasteiger partial charge on any atom is -0.373 e. The van der Waals surface area contributed by atoms with Gasteiger partial charge in [-0.3, -0.25) is 31.3 Å². The van der Waals surface area contributed by atoms with Gasteiger partial charge in [0.05, 0.1) is 12.8 Å². The Bertz CT molecular complexity index is 306. The van der Waals surface area contributed by atoms with E-state index in [-0.39, 0.29) is 12.4 Å². The predicted octanol–water partition coefficient (Wildman–Crippen LogP) is -1.39. The lowest BCUT2D eigenvalue weighted by Crippen LogP contribution is -2.35. The van der Waals surface area contributed by atoms with E-state index in [1.165, 1.54) is 0 Å². The Morgan fingerprint density at radius 2 is 1.26 bits per heavy atom. The topological polar surface area (TPSA) is 139 Å². The van der Waals surface area contributed by atoms with Crippen LogP contribution in [0.4, 0.5) is 0 Å². The molecule has 0 rings (SSSR count). The van der Waals surface area contributed by atoms with Gasteiger partial charge in [0.15, 0.2) is 0 Å². The number of unbranched alkanes of at least 4 members (excludes halogenated alkanes) is 3. The van der Waals surface area contributed by atoms with Gasteiger partial charge in [-0.05, 0) is 12.8 Å². The molecule has 0 aliphatic heterocycles. The van der Waals surface area contributed by atoms with E-state index in [0.717, 1.165) is 38.8 Å². The van der Waals surface area contributed by atoms with Crippen LogP contribution < -0.4 is 33.1 Å². The minimum absolute atomic E-state index is 0.245. The molecule has 0 spiro atoms. The number of nitrogens with two attached hydrogens (primary N) is 1. The molecule has 10 heteroatoms. The molecule has 0 amide bonds. The highest BCUT2D eigenvalue weighted by atomic mass is 16.7. The first-order valence-electron chi connectivity index (χ1n) is 7.88. The third kappa shape index (κ3) is 16.9. The number of hydrogen-bond donors (Lipinski definition) is 6. The first-order chi connectivity index (χ1) is 11.2. The normalized spacial score (nSPS) is 10.5. The minimum atomic E-state index is -0.431. The maximum absolute atomic E-state index is 11.0. The molecule has 0 saturated heterocycles. The molecular weight excluding hydrogens is 304 g/mol. The maximum atomic E-state index is 11.0. The first-order valence-corrected chi connectivity index (χ1v) is 7.88. The number of hydrogen-bond acceptors (Lipinski definition) is 10. The molecule has 10 nitrogen and oxygen atoms in total. The van der Waals surface area contributed by atoms with Crippen LogP contribution in [-0.4, -0.2) is 45.2 Å². The molecule has 0 saturated carbocycles. The van der Waals surface area contributed by atoms with Crippen molar-refractivity contribution in [3.63, 3.8) is 0 Å². The van der Waals surface area contributed by atoms with Crippen LogP contribution in [-0.2, 0) is 19.3 Å². The average Bonchev–Trinajstić information content (AvgIpc) is 2.55. The number of carbonyl (C=O) groups is 2. The van der Waals surface area contributed by atoms with E-state index in [2.05, 4.69) is 36.9 Å². The summed E-state index contributed by atoms with van der Waals surface area (Å²) < 4.78 is 0. The second-order valence-corrected chi connectivity index (χ2v) is 4.79. The average molecular weight is 334 g/mol. The largest absolute Gasteiger partial charge is 0.373 e. The van der Waals surface area contributed by atoms with Crippen molar-refractivity contribution in [2.45, 2.75) is 38.5 Å². The third-order valence-electron chi connectivity index (χ3n) is 2.86. The maximum Gasteiger partial charge on any atom is 0.326 e. The van der Waals surface area contributed by atoms with E-state index in [0.29, 0.717) is 19.5 Å². The lowest BCUT2D eigenvalue weighted by atomic mass is 10.2. The van der Waals surface area contributed by atoms with E-state index in [1.54, 1.807) is 7.05 Å². The van der Waals surface area contributed by atoms with Gasteiger partial charge in [-0.1, -0.05) is 12.8 Å². The van der Waals surface area contributed by atoms with Crippen molar-refractivity contribution < 1.29 is 19.3 Å². The zero-order chi connectivity index (χ0) is 17.2. The summed E-state index contributed by atoms with van der Waals surface area (Å²) in [5, 5.41) is 0. The summed E-state index contributed by atoms with van der Waals surface area (Å²) in [6.45, 7) is 2.73. The standard InChI is InChI=1S/C13H30N6O4/c1-15-23-13(21)7-11-19-17-9-5-3-2-4-8-16-18-10-6-12(20)22-14/h15-19H,2-11,14H2,1H3. The zero-order valence-electron chi connectivity index (χ0n) is 13.8. The summed E-state index contributed by atoms with van der Waals surface area (Å²) in [6, 6.07) is 0. The lowest BCUT2D eigenvalue weighted by Gasteiger charge is -2.07. The molecule has 7 N–H and O–H groups in total. The number of hydrazine groups is 2. The Balaban J connectivity index is 3.08. The van der Waals surface area contributed by atoms with Crippen molar-refractivity contribution in [1.29, 1.82) is 0 Å². The van der Waals surface area contributed by atoms with Gasteiger partial charge in [0.25, 0.3) is 0 Å². The molecule has 0 bridgehead atoms. The van der Waals surface area contributed by atoms with Crippen LogP contribution in [0.1, 0.15) is 38.5 Å². The SMILES string of the molecule is CNOC(=O)CCNNCCCCCCNNCCC(=O)ON. The van der Waals surface area contributed by atoms with Crippen molar-refractivity contribution >= 4 is 11.9 Å². The predicted molar refractivity (Wildman–Crippen MR) is 85.1 cm³/mol. The Hall–Kier alpha value is -1.30. The summed E-state index contributed by atoms with van der Waals surface area (Å²) in [6.07, 6.45) is 4.92. The second-order valence-electron chi connectivity index (χ2n) is 4.79. The van der Waals surface area contributed by atoms with Crippen molar-refractivity contribution in [3.05, 3.63) is 0 Å². The highest BCUT2D eigenvalue weighted by molar-refractivity contribution is 5.69. The van der Waals surface area contributed by atoms with Gasteiger partial charge in [0.2, 0.25) is 0 Å². The van der Waals surface area contributed by atoms with Gasteiger partial charge in [0.1, 0.15) is 0 Å². The van der Waals surface area contributed by atoms with Crippen molar-refractivity contribution in [2.75, 3.05) is 33.2 Å². The van der Waals surface area contributed by atoms with Crippen LogP contribution in [0, 0.1) is 0 Å². The van der Waals surface area contributed by atoms with E-state index in [4.69, 9.17) is 5.90 Å². The van der Waals surface area contributed by atoms with E-state index < -0.39 is 5.97 Å². The van der Waals surface area contributed by atoms with Gasteiger partial charge in [-0.2, -0.15) is 11.4 Å². The van der Waals surface area contributed by atoms with Gasteiger partial charge >= 0.3 is 11.9 Å². The number of nitrogens with one attached hydrogen (secondary N) is 5. The molecule has 136 valence electrons. The first kappa shape index (κ1) is 21.7. The summed E-state index contributed by atoms with van der Waals surface area (Å²) in [5.41, 5.74) is 14.3. The highest BCUT2D eigenvalue weighted by Crippen LogP contribution is 1.97. The number of rotatable bonds is 16. The molecule has 0 heterocycles. The second kappa shape index (κ2) is 17.1. The molecule has 0 aliphatic rings. The number of hydroxylamine groups is 1. The van der Waals surface area contributed by atoms with Crippen molar-refractivity contribution in [1.82, 2.24) is 27.2 Å². The Morgan fingerprint density at radius 3 is 1.74 bits per heavy atom. The fourth-order valence-electron chi connectivity index (χ4n) is 1.69. The Labute approximate surface area is 137 Å². The van der Waals surface area contributed by atoms with Crippen LogP contribution in [0.25, 0.3) is 0 Å². The van der Waals surface area contributed by atoms with Gasteiger partial charge < -0.3 is 9.68 Å². The Morgan fingerprint density at radius 1 is 0.783 bits per heavy atom. The summed E-state index contributed by atoms with van der Waals surface area (Å²) in [7, 11) is 1.55. The summed E-state index contributed by atoms with van der Waals surface area (Å²) in [4.78, 5) is 30.3. The van der Waals surface area contributed by atoms with Crippen LogP contribution >= 0.6 is 0 Å². The molecule has 0 fully saturated rings. The van der Waals surface area contributed by atoms with Gasteiger partial charge in [-0.25, -0.2) is 0 Å². The molecule has 0 aliphatic carbocycles. The molecule has 0 aromatic carbocycles. The molecule has 0 radical (unpaired) electrons. The summed E-state index contributed by atoms with van der Waals surface area (Å²) in [5.74, 6) is 3.99. The fraction of sp³-hybridized carbons (Fsp3) is 0.846. The molecular formula is C13H30N6O4. The van der Waals surface area contributed by atoms with E-state index >= 15 is 0 Å². The molecule has 0 aromatic rings. The molecule has 0 atom stereocenters. The molecule has 0 aromatic heterocycles. The van der Waals surface area contributed by atoms with Crippen molar-refractivity contribution in [3.8, 4) is 0 Å². The number of carbonyl (C=O) groups excluding carboxylic acids is 2. The van der Waals surface area contributed by atoms with E-state index in [1.807, 2.05) is 0 Å². The Kier molecular flexibility index (Phi) is 16.1. The molecule has 23 heavy (non-hydrogen) atoms. The smallest absolute Gasteiger partial charge is 0.326 e. The van der Waals surface area contributed by atoms with Crippen molar-refractivity contribution in [2.24, 2.45) is 5.90 Å². The van der Waals surface area contributed by atoms with Gasteiger partial charge in [0, 0.05) is 33.2 Å². The van der Waals surface area contributed by atoms with Crippen LogP contribution in [0.5, 0.6) is 0 Å². The zero-order valence-corrected chi connectivity index (χ0v) is 13.8. The molecule has 0 unspecified atom stereocenters.